The predicted molar refractivity (Wildman–Crippen MR) is 65.2 cm³/mol. The Morgan fingerprint density at radius 2 is 2.31 bits per heavy atom. The fourth-order valence-corrected chi connectivity index (χ4v) is 2.67. The highest BCUT2D eigenvalue weighted by Gasteiger charge is 2.08. The van der Waals surface area contributed by atoms with E-state index in [0.717, 1.165) is 20.1 Å². The molecule has 0 radical (unpaired) electrons. The van der Waals surface area contributed by atoms with Gasteiger partial charge in [-0.15, -0.1) is 0 Å². The molecule has 1 N–H and O–H groups in total. The van der Waals surface area contributed by atoms with Gasteiger partial charge in [0, 0.05) is 16.4 Å². The second-order valence-corrected chi connectivity index (χ2v) is 5.10. The van der Waals surface area contributed by atoms with Gasteiger partial charge in [0.1, 0.15) is 6.33 Å². The number of aliphatic hydroxyl groups excluding tert-OH is 1. The lowest BCUT2D eigenvalue weighted by molar-refractivity contribution is 0.279. The summed E-state index contributed by atoms with van der Waals surface area (Å²) in [7, 11) is 1.84. The molecular weight excluding hydrogens is 290 g/mol. The third-order valence-corrected chi connectivity index (χ3v) is 3.72. The van der Waals surface area contributed by atoms with Crippen LogP contribution in [-0.4, -0.2) is 19.9 Å². The highest BCUT2D eigenvalue weighted by molar-refractivity contribution is 9.10. The van der Waals surface area contributed by atoms with Crippen molar-refractivity contribution in [3.05, 3.63) is 34.6 Å². The monoisotopic (exact) mass is 299 g/mol. The fourth-order valence-electron chi connectivity index (χ4n) is 1.23. The first-order valence-electron chi connectivity index (χ1n) is 4.62. The van der Waals surface area contributed by atoms with Crippen LogP contribution in [0.25, 0.3) is 0 Å². The van der Waals surface area contributed by atoms with Crippen LogP contribution in [0.5, 0.6) is 0 Å². The molecule has 1 aromatic carbocycles. The van der Waals surface area contributed by atoms with E-state index < -0.39 is 0 Å². The van der Waals surface area contributed by atoms with E-state index in [2.05, 4.69) is 26.0 Å². The minimum absolute atomic E-state index is 0.0213. The Kier molecular flexibility index (Phi) is 3.63. The molecule has 0 bridgehead atoms. The summed E-state index contributed by atoms with van der Waals surface area (Å²) in [6.07, 6.45) is 1.51. The molecule has 0 saturated heterocycles. The number of aromatic nitrogens is 3. The van der Waals surface area contributed by atoms with Crippen molar-refractivity contribution in [2.24, 2.45) is 7.05 Å². The van der Waals surface area contributed by atoms with Crippen LogP contribution in [0, 0.1) is 0 Å². The van der Waals surface area contributed by atoms with Crippen molar-refractivity contribution in [1.82, 2.24) is 14.8 Å². The normalized spacial score (nSPS) is 10.7. The zero-order chi connectivity index (χ0) is 11.5. The van der Waals surface area contributed by atoms with Crippen molar-refractivity contribution >= 4 is 27.7 Å². The van der Waals surface area contributed by atoms with Crippen molar-refractivity contribution in [2.75, 3.05) is 0 Å². The Bertz CT molecular complexity index is 501. The molecule has 0 aliphatic rings. The van der Waals surface area contributed by atoms with Gasteiger partial charge in [-0.1, -0.05) is 22.0 Å². The standard InChI is InChI=1S/C10H10BrN3OS/c1-14-10(12-6-13-14)16-9-4-8(11)3-2-7(9)5-15/h2-4,6,15H,5H2,1H3. The van der Waals surface area contributed by atoms with E-state index in [1.165, 1.54) is 18.1 Å². The van der Waals surface area contributed by atoms with Crippen molar-refractivity contribution in [1.29, 1.82) is 0 Å². The maximum atomic E-state index is 9.24. The predicted octanol–water partition coefficient (Wildman–Crippen LogP) is 2.22. The SMILES string of the molecule is Cn1ncnc1Sc1cc(Br)ccc1CO. The van der Waals surface area contributed by atoms with Gasteiger partial charge >= 0.3 is 0 Å². The highest BCUT2D eigenvalue weighted by atomic mass is 79.9. The number of hydrogen-bond donors (Lipinski definition) is 1. The van der Waals surface area contributed by atoms with Crippen LogP contribution in [0.15, 0.2) is 39.1 Å². The number of benzene rings is 1. The summed E-state index contributed by atoms with van der Waals surface area (Å²) in [5.41, 5.74) is 0.885. The molecule has 1 aromatic heterocycles. The van der Waals surface area contributed by atoms with Crippen LogP contribution in [0.4, 0.5) is 0 Å². The Balaban J connectivity index is 2.33. The molecule has 0 atom stereocenters. The van der Waals surface area contributed by atoms with E-state index >= 15 is 0 Å². The Labute approximate surface area is 106 Å². The average Bonchev–Trinajstić information content (AvgIpc) is 2.65. The van der Waals surface area contributed by atoms with Gasteiger partial charge < -0.3 is 5.11 Å². The Morgan fingerprint density at radius 1 is 1.50 bits per heavy atom. The Hall–Kier alpha value is -0.850. The van der Waals surface area contributed by atoms with Gasteiger partial charge in [-0.2, -0.15) is 5.10 Å². The third-order valence-electron chi connectivity index (χ3n) is 2.07. The van der Waals surface area contributed by atoms with E-state index in [-0.39, 0.29) is 6.61 Å². The van der Waals surface area contributed by atoms with E-state index in [0.29, 0.717) is 0 Å². The molecule has 16 heavy (non-hydrogen) atoms. The molecule has 0 aliphatic carbocycles. The summed E-state index contributed by atoms with van der Waals surface area (Å²) in [5, 5.41) is 14.0. The van der Waals surface area contributed by atoms with Gasteiger partial charge in [0.2, 0.25) is 0 Å². The van der Waals surface area contributed by atoms with Crippen molar-refractivity contribution in [3.8, 4) is 0 Å². The molecule has 0 aliphatic heterocycles. The molecule has 0 unspecified atom stereocenters. The van der Waals surface area contributed by atoms with Gasteiger partial charge in [-0.3, -0.25) is 0 Å². The summed E-state index contributed by atoms with van der Waals surface area (Å²) in [5.74, 6) is 0. The first-order valence-corrected chi connectivity index (χ1v) is 6.23. The zero-order valence-corrected chi connectivity index (χ0v) is 11.0. The summed E-state index contributed by atoms with van der Waals surface area (Å²) in [6, 6.07) is 5.76. The number of hydrogen-bond acceptors (Lipinski definition) is 4. The number of halogens is 1. The maximum Gasteiger partial charge on any atom is 0.190 e. The lowest BCUT2D eigenvalue weighted by Gasteiger charge is -2.06. The van der Waals surface area contributed by atoms with Gasteiger partial charge in [0.05, 0.1) is 6.61 Å². The molecule has 6 heteroatoms. The molecule has 2 rings (SSSR count). The molecule has 84 valence electrons. The van der Waals surface area contributed by atoms with Gasteiger partial charge in [0.25, 0.3) is 0 Å². The molecule has 4 nitrogen and oxygen atoms in total. The number of aryl methyl sites for hydroxylation is 1. The second-order valence-electron chi connectivity index (χ2n) is 3.18. The molecule has 2 aromatic rings. The van der Waals surface area contributed by atoms with Crippen molar-refractivity contribution < 1.29 is 5.11 Å². The van der Waals surface area contributed by atoms with E-state index in [9.17, 15) is 5.11 Å². The summed E-state index contributed by atoms with van der Waals surface area (Å²) >= 11 is 4.90. The highest BCUT2D eigenvalue weighted by Crippen LogP contribution is 2.30. The third kappa shape index (κ3) is 2.45. The molecule has 0 saturated carbocycles. The van der Waals surface area contributed by atoms with E-state index in [1.54, 1.807) is 4.68 Å². The van der Waals surface area contributed by atoms with Gasteiger partial charge in [0.15, 0.2) is 5.16 Å². The summed E-state index contributed by atoms with van der Waals surface area (Å²) in [6.45, 7) is 0.0213. The number of rotatable bonds is 3. The smallest absolute Gasteiger partial charge is 0.190 e. The molecule has 0 amide bonds. The zero-order valence-electron chi connectivity index (χ0n) is 8.59. The van der Waals surface area contributed by atoms with Crippen LogP contribution in [-0.2, 0) is 13.7 Å². The van der Waals surface area contributed by atoms with Crippen molar-refractivity contribution in [3.63, 3.8) is 0 Å². The molecular formula is C10H10BrN3OS. The van der Waals surface area contributed by atoms with Crippen LogP contribution in [0.2, 0.25) is 0 Å². The van der Waals surface area contributed by atoms with E-state index in [4.69, 9.17) is 0 Å². The lowest BCUT2D eigenvalue weighted by Crippen LogP contribution is -1.94. The maximum absolute atomic E-state index is 9.24. The minimum Gasteiger partial charge on any atom is -0.392 e. The van der Waals surface area contributed by atoms with Crippen LogP contribution < -0.4 is 0 Å². The number of aliphatic hydroxyl groups is 1. The second kappa shape index (κ2) is 4.99. The minimum atomic E-state index is 0.0213. The summed E-state index contributed by atoms with van der Waals surface area (Å²) in [4.78, 5) is 5.11. The first kappa shape index (κ1) is 11.6. The first-order chi connectivity index (χ1) is 7.70. The molecule has 1 heterocycles. The topological polar surface area (TPSA) is 50.9 Å². The molecule has 0 spiro atoms. The van der Waals surface area contributed by atoms with Gasteiger partial charge in [-0.25, -0.2) is 9.67 Å². The Morgan fingerprint density at radius 3 is 2.94 bits per heavy atom. The van der Waals surface area contributed by atoms with E-state index in [1.807, 2.05) is 25.2 Å². The molecule has 0 fully saturated rings. The van der Waals surface area contributed by atoms with Crippen molar-refractivity contribution in [2.45, 2.75) is 16.7 Å². The largest absolute Gasteiger partial charge is 0.392 e. The summed E-state index contributed by atoms with van der Waals surface area (Å²) < 4.78 is 2.68. The van der Waals surface area contributed by atoms with Gasteiger partial charge in [-0.05, 0) is 29.5 Å². The van der Waals surface area contributed by atoms with Crippen LogP contribution in [0.1, 0.15) is 5.56 Å². The van der Waals surface area contributed by atoms with Crippen LogP contribution >= 0.6 is 27.7 Å². The van der Waals surface area contributed by atoms with Crippen LogP contribution in [0.3, 0.4) is 0 Å². The number of nitrogens with zero attached hydrogens (tertiary/aromatic N) is 3. The fraction of sp³-hybridized carbons (Fsp3) is 0.200. The lowest BCUT2D eigenvalue weighted by atomic mass is 10.2. The average molecular weight is 300 g/mol. The quantitative estimate of drug-likeness (QED) is 0.944.